The molecule has 0 N–H and O–H groups in total. The van der Waals surface area contributed by atoms with E-state index in [0.29, 0.717) is 0 Å². The summed E-state index contributed by atoms with van der Waals surface area (Å²) in [6, 6.07) is 34.0. The standard InChI is InChI=1S/C30H24N2/c1-21-18-19-31-22(2)29(21)28-17-16-25(20-32-28)30-26(23-10-5-3-6-11-23)14-9-15-27(30)24-12-7-4-8-13-24/h3-20H,1-2H3. The van der Waals surface area contributed by atoms with E-state index in [4.69, 9.17) is 4.98 Å². The summed E-state index contributed by atoms with van der Waals surface area (Å²) < 4.78 is 0. The first-order chi connectivity index (χ1) is 15.7. The van der Waals surface area contributed by atoms with Gasteiger partial charge < -0.3 is 0 Å². The molecule has 5 aromatic rings. The topological polar surface area (TPSA) is 25.8 Å². The number of hydrogen-bond acceptors (Lipinski definition) is 2. The van der Waals surface area contributed by atoms with Crippen molar-refractivity contribution in [2.45, 2.75) is 13.8 Å². The Morgan fingerprint density at radius 2 is 1.12 bits per heavy atom. The van der Waals surface area contributed by atoms with Crippen LogP contribution in [0.1, 0.15) is 11.3 Å². The minimum Gasteiger partial charge on any atom is -0.261 e. The van der Waals surface area contributed by atoms with Crippen molar-refractivity contribution in [2.24, 2.45) is 0 Å². The first-order valence-electron chi connectivity index (χ1n) is 10.9. The number of pyridine rings is 2. The highest BCUT2D eigenvalue weighted by Gasteiger charge is 2.15. The van der Waals surface area contributed by atoms with Gasteiger partial charge >= 0.3 is 0 Å². The lowest BCUT2D eigenvalue weighted by atomic mass is 9.88. The molecular formula is C30H24N2. The van der Waals surface area contributed by atoms with Crippen LogP contribution in [-0.2, 0) is 0 Å². The van der Waals surface area contributed by atoms with Gasteiger partial charge in [0.15, 0.2) is 0 Å². The Balaban J connectivity index is 1.70. The Morgan fingerprint density at radius 3 is 1.66 bits per heavy atom. The van der Waals surface area contributed by atoms with Crippen molar-refractivity contribution < 1.29 is 0 Å². The van der Waals surface area contributed by atoms with Crippen LogP contribution in [0, 0.1) is 13.8 Å². The fourth-order valence-corrected chi connectivity index (χ4v) is 4.35. The Bertz CT molecular complexity index is 1280. The average molecular weight is 413 g/mol. The first kappa shape index (κ1) is 19.9. The smallest absolute Gasteiger partial charge is 0.0723 e. The number of aryl methyl sites for hydroxylation is 2. The summed E-state index contributed by atoms with van der Waals surface area (Å²) in [5.74, 6) is 0. The van der Waals surface area contributed by atoms with E-state index in [2.05, 4.69) is 103 Å². The molecule has 0 aliphatic heterocycles. The Morgan fingerprint density at radius 1 is 0.500 bits per heavy atom. The number of benzene rings is 3. The zero-order chi connectivity index (χ0) is 21.9. The van der Waals surface area contributed by atoms with Crippen LogP contribution in [0.4, 0.5) is 0 Å². The molecule has 0 saturated heterocycles. The third-order valence-electron chi connectivity index (χ3n) is 5.89. The van der Waals surface area contributed by atoms with E-state index in [0.717, 1.165) is 22.5 Å². The van der Waals surface area contributed by atoms with E-state index in [1.165, 1.54) is 33.4 Å². The van der Waals surface area contributed by atoms with Crippen LogP contribution in [0.25, 0.3) is 44.6 Å². The minimum atomic E-state index is 0.954. The second-order valence-corrected chi connectivity index (χ2v) is 7.98. The average Bonchev–Trinajstić information content (AvgIpc) is 2.85. The first-order valence-corrected chi connectivity index (χ1v) is 10.9. The van der Waals surface area contributed by atoms with Gasteiger partial charge in [-0.3, -0.25) is 9.97 Å². The van der Waals surface area contributed by atoms with Crippen molar-refractivity contribution >= 4 is 0 Å². The number of rotatable bonds is 4. The Labute approximate surface area is 189 Å². The molecule has 2 heteroatoms. The predicted octanol–water partition coefficient (Wildman–Crippen LogP) is 7.76. The van der Waals surface area contributed by atoms with Gasteiger partial charge in [-0.25, -0.2) is 0 Å². The van der Waals surface area contributed by atoms with Crippen molar-refractivity contribution in [3.8, 4) is 44.6 Å². The fraction of sp³-hybridized carbons (Fsp3) is 0.0667. The fourth-order valence-electron chi connectivity index (χ4n) is 4.35. The van der Waals surface area contributed by atoms with Crippen LogP contribution in [0.3, 0.4) is 0 Å². The second-order valence-electron chi connectivity index (χ2n) is 7.98. The number of hydrogen-bond donors (Lipinski definition) is 0. The monoisotopic (exact) mass is 412 g/mol. The highest BCUT2D eigenvalue weighted by molar-refractivity contribution is 5.94. The highest BCUT2D eigenvalue weighted by Crippen LogP contribution is 2.40. The maximum Gasteiger partial charge on any atom is 0.0723 e. The molecule has 0 radical (unpaired) electrons. The second kappa shape index (κ2) is 8.60. The van der Waals surface area contributed by atoms with Gasteiger partial charge in [0.25, 0.3) is 0 Å². The largest absolute Gasteiger partial charge is 0.261 e. The summed E-state index contributed by atoms with van der Waals surface area (Å²) in [4.78, 5) is 9.34. The molecule has 3 aromatic carbocycles. The van der Waals surface area contributed by atoms with Crippen molar-refractivity contribution in [3.05, 3.63) is 121 Å². The van der Waals surface area contributed by atoms with Crippen molar-refractivity contribution in [1.82, 2.24) is 9.97 Å². The summed E-state index contributed by atoms with van der Waals surface area (Å²) in [6.45, 7) is 4.15. The Kier molecular flexibility index (Phi) is 5.35. The highest BCUT2D eigenvalue weighted by atomic mass is 14.7. The van der Waals surface area contributed by atoms with Gasteiger partial charge in [-0.15, -0.1) is 0 Å². The minimum absolute atomic E-state index is 0.954. The quantitative estimate of drug-likeness (QED) is 0.301. The van der Waals surface area contributed by atoms with Crippen LogP contribution < -0.4 is 0 Å². The molecule has 2 nitrogen and oxygen atoms in total. The molecule has 2 aromatic heterocycles. The molecule has 0 saturated carbocycles. The normalized spacial score (nSPS) is 10.8. The molecular weight excluding hydrogens is 388 g/mol. The van der Waals surface area contributed by atoms with E-state index in [1.807, 2.05) is 25.4 Å². The van der Waals surface area contributed by atoms with Crippen molar-refractivity contribution in [2.75, 3.05) is 0 Å². The van der Waals surface area contributed by atoms with Crippen molar-refractivity contribution in [3.63, 3.8) is 0 Å². The predicted molar refractivity (Wildman–Crippen MR) is 133 cm³/mol. The van der Waals surface area contributed by atoms with Crippen LogP contribution >= 0.6 is 0 Å². The lowest BCUT2D eigenvalue weighted by Gasteiger charge is -2.17. The maximum atomic E-state index is 4.88. The van der Waals surface area contributed by atoms with E-state index in [9.17, 15) is 0 Å². The summed E-state index contributed by atoms with van der Waals surface area (Å²) in [5, 5.41) is 0. The molecule has 0 atom stereocenters. The van der Waals surface area contributed by atoms with Gasteiger partial charge in [0.1, 0.15) is 0 Å². The lowest BCUT2D eigenvalue weighted by molar-refractivity contribution is 1.16. The zero-order valence-corrected chi connectivity index (χ0v) is 18.3. The summed E-state index contributed by atoms with van der Waals surface area (Å²) in [7, 11) is 0. The summed E-state index contributed by atoms with van der Waals surface area (Å²) in [6.07, 6.45) is 3.85. The van der Waals surface area contributed by atoms with E-state index in [-0.39, 0.29) is 0 Å². The molecule has 5 rings (SSSR count). The van der Waals surface area contributed by atoms with E-state index in [1.54, 1.807) is 0 Å². The SMILES string of the molecule is Cc1ccnc(C)c1-c1ccc(-c2c(-c3ccccc3)cccc2-c2ccccc2)cn1. The summed E-state index contributed by atoms with van der Waals surface area (Å²) >= 11 is 0. The molecule has 0 unspecified atom stereocenters. The number of aromatic nitrogens is 2. The molecule has 0 aliphatic carbocycles. The molecule has 0 aliphatic rings. The van der Waals surface area contributed by atoms with Gasteiger partial charge in [-0.1, -0.05) is 84.9 Å². The van der Waals surface area contributed by atoms with Crippen LogP contribution in [0.2, 0.25) is 0 Å². The van der Waals surface area contributed by atoms with Gasteiger partial charge in [0.05, 0.1) is 5.69 Å². The van der Waals surface area contributed by atoms with Crippen LogP contribution in [0.15, 0.2) is 109 Å². The third-order valence-corrected chi connectivity index (χ3v) is 5.89. The maximum absolute atomic E-state index is 4.88. The van der Waals surface area contributed by atoms with Crippen LogP contribution in [-0.4, -0.2) is 9.97 Å². The van der Waals surface area contributed by atoms with E-state index >= 15 is 0 Å². The molecule has 0 bridgehead atoms. The van der Waals surface area contributed by atoms with E-state index < -0.39 is 0 Å². The number of nitrogens with zero attached hydrogens (tertiary/aromatic N) is 2. The third kappa shape index (κ3) is 3.72. The molecule has 154 valence electrons. The van der Waals surface area contributed by atoms with Gasteiger partial charge in [0, 0.05) is 29.2 Å². The van der Waals surface area contributed by atoms with Crippen LogP contribution in [0.5, 0.6) is 0 Å². The van der Waals surface area contributed by atoms with Gasteiger partial charge in [-0.05, 0) is 59.4 Å². The van der Waals surface area contributed by atoms with Crippen molar-refractivity contribution in [1.29, 1.82) is 0 Å². The molecule has 0 fully saturated rings. The molecule has 32 heavy (non-hydrogen) atoms. The van der Waals surface area contributed by atoms with Gasteiger partial charge in [-0.2, -0.15) is 0 Å². The lowest BCUT2D eigenvalue weighted by Crippen LogP contribution is -1.95. The Hall–Kier alpha value is -4.04. The van der Waals surface area contributed by atoms with Gasteiger partial charge in [0.2, 0.25) is 0 Å². The zero-order valence-electron chi connectivity index (χ0n) is 18.3. The summed E-state index contributed by atoms with van der Waals surface area (Å²) in [5.41, 5.74) is 11.4. The molecule has 0 amide bonds. The molecule has 2 heterocycles. The molecule has 0 spiro atoms.